The van der Waals surface area contributed by atoms with Crippen molar-refractivity contribution in [1.29, 1.82) is 0 Å². The average Bonchev–Trinajstić information content (AvgIpc) is 2.27. The fourth-order valence-electron chi connectivity index (χ4n) is 1.77. The van der Waals surface area contributed by atoms with Crippen LogP contribution in [-0.2, 0) is 20.7 Å². The largest absolute Gasteiger partial charge is 0.479 e. The third kappa shape index (κ3) is 3.79. The molecule has 0 heterocycles. The first-order valence-corrected chi connectivity index (χ1v) is 5.88. The van der Waals surface area contributed by atoms with E-state index in [9.17, 15) is 19.8 Å². The van der Waals surface area contributed by atoms with E-state index in [4.69, 9.17) is 4.74 Å². The van der Waals surface area contributed by atoms with Crippen LogP contribution in [0.3, 0.4) is 0 Å². The Balaban J connectivity index is 3.18. The Morgan fingerprint density at radius 1 is 1.05 bits per heavy atom. The number of carboxylic acids is 2. The Morgan fingerprint density at radius 3 is 1.89 bits per heavy atom. The second-order valence-electron chi connectivity index (χ2n) is 5.31. The lowest BCUT2D eigenvalue weighted by Crippen LogP contribution is -2.54. The van der Waals surface area contributed by atoms with Gasteiger partial charge in [-0.05, 0) is 26.3 Å². The van der Waals surface area contributed by atoms with Crippen LogP contribution < -0.4 is 0 Å². The van der Waals surface area contributed by atoms with Crippen LogP contribution >= 0.6 is 0 Å². The maximum atomic E-state index is 11.4. The Labute approximate surface area is 111 Å². The van der Waals surface area contributed by atoms with Crippen LogP contribution in [-0.4, -0.2) is 33.4 Å². The first-order chi connectivity index (χ1) is 8.67. The molecule has 0 saturated carbocycles. The van der Waals surface area contributed by atoms with E-state index in [0.717, 1.165) is 0 Å². The number of aliphatic carboxylic acids is 2. The van der Waals surface area contributed by atoms with E-state index in [-0.39, 0.29) is 6.42 Å². The highest BCUT2D eigenvalue weighted by atomic mass is 16.6. The van der Waals surface area contributed by atoms with Gasteiger partial charge in [-0.3, -0.25) is 0 Å². The minimum Gasteiger partial charge on any atom is -0.479 e. The molecule has 0 aliphatic rings. The van der Waals surface area contributed by atoms with Gasteiger partial charge in [0, 0.05) is 6.42 Å². The van der Waals surface area contributed by atoms with Crippen molar-refractivity contribution in [1.82, 2.24) is 0 Å². The zero-order valence-electron chi connectivity index (χ0n) is 11.2. The molecule has 0 amide bonds. The normalized spacial score (nSPS) is 12.2. The quantitative estimate of drug-likeness (QED) is 0.796. The van der Waals surface area contributed by atoms with Crippen molar-refractivity contribution in [3.05, 3.63) is 35.9 Å². The molecule has 0 saturated heterocycles. The maximum absolute atomic E-state index is 11.4. The van der Waals surface area contributed by atoms with E-state index in [1.165, 1.54) is 0 Å². The van der Waals surface area contributed by atoms with Gasteiger partial charge in [-0.25, -0.2) is 9.59 Å². The lowest BCUT2D eigenvalue weighted by atomic mass is 9.93. The molecule has 0 radical (unpaired) electrons. The van der Waals surface area contributed by atoms with Crippen molar-refractivity contribution >= 4 is 11.9 Å². The number of hydrogen-bond donors (Lipinski definition) is 2. The highest BCUT2D eigenvalue weighted by molar-refractivity contribution is 6.02. The van der Waals surface area contributed by atoms with Crippen LogP contribution in [0.4, 0.5) is 0 Å². The minimum atomic E-state index is -2.28. The molecule has 0 aliphatic heterocycles. The van der Waals surface area contributed by atoms with E-state index in [2.05, 4.69) is 0 Å². The van der Waals surface area contributed by atoms with Gasteiger partial charge in [0.25, 0.3) is 5.60 Å². The first kappa shape index (κ1) is 15.2. The smallest absolute Gasteiger partial charge is 0.348 e. The zero-order valence-corrected chi connectivity index (χ0v) is 11.2. The third-order valence-electron chi connectivity index (χ3n) is 2.47. The highest BCUT2D eigenvalue weighted by Gasteiger charge is 2.50. The molecule has 1 rings (SSSR count). The monoisotopic (exact) mass is 266 g/mol. The molecule has 0 bridgehead atoms. The number of benzene rings is 1. The molecule has 0 unspecified atom stereocenters. The van der Waals surface area contributed by atoms with Gasteiger partial charge in [0.15, 0.2) is 0 Å². The molecule has 5 nitrogen and oxygen atoms in total. The first-order valence-electron chi connectivity index (χ1n) is 5.88. The fraction of sp³-hybridized carbons (Fsp3) is 0.429. The van der Waals surface area contributed by atoms with Crippen LogP contribution in [0.2, 0.25) is 0 Å². The van der Waals surface area contributed by atoms with Crippen LogP contribution in [0.1, 0.15) is 26.3 Å². The van der Waals surface area contributed by atoms with Gasteiger partial charge < -0.3 is 14.9 Å². The molecule has 2 N–H and O–H groups in total. The van der Waals surface area contributed by atoms with Gasteiger partial charge in [-0.15, -0.1) is 0 Å². The van der Waals surface area contributed by atoms with Crippen LogP contribution in [0.15, 0.2) is 30.3 Å². The summed E-state index contributed by atoms with van der Waals surface area (Å²) in [7, 11) is 0. The fourth-order valence-corrected chi connectivity index (χ4v) is 1.77. The summed E-state index contributed by atoms with van der Waals surface area (Å²) in [6.07, 6.45) is -0.226. The van der Waals surface area contributed by atoms with E-state index in [1.807, 2.05) is 0 Å². The van der Waals surface area contributed by atoms with E-state index in [1.54, 1.807) is 51.1 Å². The lowest BCUT2D eigenvalue weighted by molar-refractivity contribution is -0.199. The average molecular weight is 266 g/mol. The van der Waals surface area contributed by atoms with Crippen molar-refractivity contribution in [2.45, 2.75) is 38.4 Å². The molecule has 1 aromatic rings. The van der Waals surface area contributed by atoms with Gasteiger partial charge in [0.05, 0.1) is 5.60 Å². The summed E-state index contributed by atoms with van der Waals surface area (Å²) in [4.78, 5) is 22.9. The predicted molar refractivity (Wildman–Crippen MR) is 69.0 cm³/mol. The molecule has 19 heavy (non-hydrogen) atoms. The van der Waals surface area contributed by atoms with E-state index < -0.39 is 23.1 Å². The summed E-state index contributed by atoms with van der Waals surface area (Å²) >= 11 is 0. The SMILES string of the molecule is CC(C)(C)OC(Cc1ccccc1)(C(=O)O)C(=O)O. The standard InChI is InChI=1S/C14H18O5/c1-13(2,3)19-14(11(15)16,12(17)18)9-10-7-5-4-6-8-10/h4-8H,9H2,1-3H3,(H,15,16)(H,17,18). The van der Waals surface area contributed by atoms with Crippen molar-refractivity contribution in [2.75, 3.05) is 0 Å². The topological polar surface area (TPSA) is 83.8 Å². The highest BCUT2D eigenvalue weighted by Crippen LogP contribution is 2.25. The molecule has 1 aromatic carbocycles. The number of carboxylic acid groups (broad SMARTS) is 2. The number of rotatable bonds is 5. The van der Waals surface area contributed by atoms with Gasteiger partial charge in [-0.1, -0.05) is 30.3 Å². The zero-order chi connectivity index (χ0) is 14.7. The summed E-state index contributed by atoms with van der Waals surface area (Å²) in [5, 5.41) is 18.6. The Kier molecular flexibility index (Phi) is 4.32. The van der Waals surface area contributed by atoms with Crippen LogP contribution in [0.25, 0.3) is 0 Å². The minimum absolute atomic E-state index is 0.226. The number of hydrogen-bond acceptors (Lipinski definition) is 3. The summed E-state index contributed by atoms with van der Waals surface area (Å²) in [5.74, 6) is -3.00. The molecular formula is C14H18O5. The second-order valence-corrected chi connectivity index (χ2v) is 5.31. The Morgan fingerprint density at radius 2 is 1.53 bits per heavy atom. The van der Waals surface area contributed by atoms with E-state index >= 15 is 0 Å². The van der Waals surface area contributed by atoms with Crippen LogP contribution in [0.5, 0.6) is 0 Å². The summed E-state index contributed by atoms with van der Waals surface area (Å²) in [5.41, 5.74) is -2.57. The van der Waals surface area contributed by atoms with E-state index in [0.29, 0.717) is 5.56 Å². The van der Waals surface area contributed by atoms with Crippen molar-refractivity contribution in [2.24, 2.45) is 0 Å². The van der Waals surface area contributed by atoms with Gasteiger partial charge in [0.1, 0.15) is 0 Å². The molecule has 0 spiro atoms. The molecular weight excluding hydrogens is 248 g/mol. The molecule has 104 valence electrons. The number of ether oxygens (including phenoxy) is 1. The van der Waals surface area contributed by atoms with Gasteiger partial charge in [0.2, 0.25) is 0 Å². The summed E-state index contributed by atoms with van der Waals surface area (Å²) in [6, 6.07) is 8.57. The summed E-state index contributed by atoms with van der Waals surface area (Å²) < 4.78 is 5.35. The molecule has 5 heteroatoms. The van der Waals surface area contributed by atoms with Crippen molar-refractivity contribution < 1.29 is 24.5 Å². The van der Waals surface area contributed by atoms with Crippen molar-refractivity contribution in [3.8, 4) is 0 Å². The molecule has 0 aliphatic carbocycles. The summed E-state index contributed by atoms with van der Waals surface area (Å²) in [6.45, 7) is 4.87. The van der Waals surface area contributed by atoms with Gasteiger partial charge >= 0.3 is 11.9 Å². The number of carbonyl (C=O) groups is 2. The molecule has 0 atom stereocenters. The van der Waals surface area contributed by atoms with Gasteiger partial charge in [-0.2, -0.15) is 0 Å². The molecule has 0 fully saturated rings. The Hall–Kier alpha value is -1.88. The maximum Gasteiger partial charge on any atom is 0.348 e. The Bertz CT molecular complexity index is 444. The predicted octanol–water partition coefficient (Wildman–Crippen LogP) is 1.95. The second kappa shape index (κ2) is 5.40. The van der Waals surface area contributed by atoms with Crippen molar-refractivity contribution in [3.63, 3.8) is 0 Å². The lowest BCUT2D eigenvalue weighted by Gasteiger charge is -2.32. The third-order valence-corrected chi connectivity index (χ3v) is 2.47. The molecule has 0 aromatic heterocycles. The van der Waals surface area contributed by atoms with Crippen LogP contribution in [0, 0.1) is 0 Å².